The summed E-state index contributed by atoms with van der Waals surface area (Å²) in [7, 11) is 0. The molecule has 4 aromatic rings. The zero-order chi connectivity index (χ0) is 20.9. The van der Waals surface area contributed by atoms with Gasteiger partial charge in [-0.3, -0.25) is 9.78 Å². The van der Waals surface area contributed by atoms with Gasteiger partial charge in [0.2, 0.25) is 0 Å². The molecule has 154 valence electrons. The third kappa shape index (κ3) is 3.02. The van der Waals surface area contributed by atoms with E-state index >= 15 is 0 Å². The van der Waals surface area contributed by atoms with Crippen LogP contribution in [0.3, 0.4) is 0 Å². The maximum Gasteiger partial charge on any atom is 0.274 e. The summed E-state index contributed by atoms with van der Waals surface area (Å²) >= 11 is 0. The molecule has 6 nitrogen and oxygen atoms in total. The summed E-state index contributed by atoms with van der Waals surface area (Å²) in [6, 6.07) is 12.3. The number of fused-ring (bicyclic) bond motifs is 3. The Kier molecular flexibility index (Phi) is 4.13. The molecule has 3 aromatic heterocycles. The van der Waals surface area contributed by atoms with Crippen molar-refractivity contribution in [1.29, 1.82) is 0 Å². The molecule has 0 spiro atoms. The fraction of sp³-hybridized carbons (Fsp3) is 0.280. The maximum atomic E-state index is 12.2. The normalized spacial score (nSPS) is 15.2. The predicted molar refractivity (Wildman–Crippen MR) is 120 cm³/mol. The van der Waals surface area contributed by atoms with Crippen molar-refractivity contribution in [3.05, 3.63) is 87.1 Å². The van der Waals surface area contributed by atoms with Gasteiger partial charge in [0.1, 0.15) is 0 Å². The van der Waals surface area contributed by atoms with Crippen LogP contribution in [0, 0.1) is 6.92 Å². The van der Waals surface area contributed by atoms with Crippen molar-refractivity contribution in [2.45, 2.75) is 39.2 Å². The second-order valence-corrected chi connectivity index (χ2v) is 8.50. The fourth-order valence-electron chi connectivity index (χ4n) is 5.00. The number of rotatable bonds is 2. The number of aromatic nitrogens is 4. The van der Waals surface area contributed by atoms with Gasteiger partial charge in [0.05, 0.1) is 0 Å². The summed E-state index contributed by atoms with van der Waals surface area (Å²) in [5, 5.41) is 4.65. The number of nitrogens with zero attached hydrogens (tertiary/aromatic N) is 5. The largest absolute Gasteiger partial charge is 0.350 e. The van der Waals surface area contributed by atoms with Crippen molar-refractivity contribution in [1.82, 2.24) is 19.6 Å². The maximum absolute atomic E-state index is 12.2. The van der Waals surface area contributed by atoms with Crippen molar-refractivity contribution in [2.75, 3.05) is 11.4 Å². The molecular formula is C25H23N5O. The van der Waals surface area contributed by atoms with Gasteiger partial charge < -0.3 is 4.90 Å². The molecule has 0 bridgehead atoms. The first-order chi connectivity index (χ1) is 15.2. The van der Waals surface area contributed by atoms with Crippen LogP contribution in [0.2, 0.25) is 0 Å². The van der Waals surface area contributed by atoms with E-state index in [0.29, 0.717) is 5.65 Å². The third-order valence-electron chi connectivity index (χ3n) is 6.54. The van der Waals surface area contributed by atoms with Crippen molar-refractivity contribution >= 4 is 11.5 Å². The van der Waals surface area contributed by atoms with Gasteiger partial charge in [0, 0.05) is 49.2 Å². The summed E-state index contributed by atoms with van der Waals surface area (Å²) in [6.45, 7) is 3.59. The van der Waals surface area contributed by atoms with Crippen LogP contribution >= 0.6 is 0 Å². The number of hydrogen-bond acceptors (Lipinski definition) is 5. The summed E-state index contributed by atoms with van der Waals surface area (Å²) in [5.74, 6) is 0.833. The Hall–Kier alpha value is -3.54. The standard InChI is InChI=1S/C25H23N5O/c1-16-12-23-26-10-8-24(31)30(23)28-25(16)29-11-9-22-19(15-29)13-18(14-27-22)21-7-3-5-17-4-2-6-20(17)21/h3,5,7-8,10,12-14H,2,4,6,9,11,15H2,1H3. The lowest BCUT2D eigenvalue weighted by molar-refractivity contribution is 0.685. The fourth-order valence-corrected chi connectivity index (χ4v) is 5.00. The first-order valence-corrected chi connectivity index (χ1v) is 10.9. The zero-order valence-electron chi connectivity index (χ0n) is 17.5. The minimum atomic E-state index is -0.162. The van der Waals surface area contributed by atoms with Gasteiger partial charge in [-0.2, -0.15) is 4.52 Å². The Morgan fingerprint density at radius 3 is 2.87 bits per heavy atom. The molecule has 0 radical (unpaired) electrons. The molecule has 31 heavy (non-hydrogen) atoms. The summed E-state index contributed by atoms with van der Waals surface area (Å²) in [6.07, 6.45) is 7.99. The minimum absolute atomic E-state index is 0.162. The molecular weight excluding hydrogens is 386 g/mol. The molecule has 0 saturated carbocycles. The molecule has 1 aromatic carbocycles. The van der Waals surface area contributed by atoms with Gasteiger partial charge in [0.25, 0.3) is 5.56 Å². The summed E-state index contributed by atoms with van der Waals surface area (Å²) in [5.41, 5.74) is 9.31. The molecule has 4 heterocycles. The number of anilines is 1. The zero-order valence-corrected chi connectivity index (χ0v) is 17.5. The van der Waals surface area contributed by atoms with Gasteiger partial charge >= 0.3 is 0 Å². The topological polar surface area (TPSA) is 63.4 Å². The second kappa shape index (κ2) is 7.01. The highest BCUT2D eigenvalue weighted by atomic mass is 16.1. The molecule has 0 saturated heterocycles. The van der Waals surface area contributed by atoms with E-state index in [1.165, 1.54) is 57.4 Å². The first kappa shape index (κ1) is 18.2. The molecule has 0 fully saturated rings. The number of aryl methyl sites for hydroxylation is 2. The third-order valence-corrected chi connectivity index (χ3v) is 6.54. The van der Waals surface area contributed by atoms with Gasteiger partial charge in [0.15, 0.2) is 11.5 Å². The average Bonchev–Trinajstić information content (AvgIpc) is 3.27. The van der Waals surface area contributed by atoms with Crippen molar-refractivity contribution < 1.29 is 0 Å². The Balaban J connectivity index is 1.39. The Labute approximate surface area is 180 Å². The van der Waals surface area contributed by atoms with E-state index in [9.17, 15) is 4.79 Å². The molecule has 0 amide bonds. The Morgan fingerprint density at radius 1 is 1.00 bits per heavy atom. The molecule has 1 aliphatic carbocycles. The molecule has 6 rings (SSSR count). The monoisotopic (exact) mass is 409 g/mol. The molecule has 6 heteroatoms. The van der Waals surface area contributed by atoms with Crippen LogP contribution in [0.4, 0.5) is 5.82 Å². The van der Waals surface area contributed by atoms with Gasteiger partial charge in [-0.15, -0.1) is 5.10 Å². The van der Waals surface area contributed by atoms with E-state index in [4.69, 9.17) is 4.98 Å². The van der Waals surface area contributed by atoms with Gasteiger partial charge in [-0.1, -0.05) is 18.2 Å². The summed E-state index contributed by atoms with van der Waals surface area (Å²) < 4.78 is 1.39. The van der Waals surface area contributed by atoms with E-state index in [0.717, 1.165) is 43.0 Å². The Bertz CT molecular complexity index is 1390. The predicted octanol–water partition coefficient (Wildman–Crippen LogP) is 3.51. The first-order valence-electron chi connectivity index (χ1n) is 10.9. The van der Waals surface area contributed by atoms with Crippen LogP contribution in [0.25, 0.3) is 16.8 Å². The van der Waals surface area contributed by atoms with E-state index in [1.807, 2.05) is 19.2 Å². The van der Waals surface area contributed by atoms with E-state index in [-0.39, 0.29) is 5.56 Å². The van der Waals surface area contributed by atoms with E-state index in [1.54, 1.807) is 0 Å². The lowest BCUT2D eigenvalue weighted by Gasteiger charge is -2.30. The molecule has 1 aliphatic heterocycles. The van der Waals surface area contributed by atoms with Crippen LogP contribution in [0.1, 0.15) is 34.4 Å². The van der Waals surface area contributed by atoms with Gasteiger partial charge in [-0.05, 0) is 66.1 Å². The van der Waals surface area contributed by atoms with Crippen LogP contribution in [0.15, 0.2) is 53.6 Å². The van der Waals surface area contributed by atoms with Crippen molar-refractivity contribution in [2.24, 2.45) is 0 Å². The molecule has 0 atom stereocenters. The lowest BCUT2D eigenvalue weighted by atomic mass is 9.95. The highest BCUT2D eigenvalue weighted by Gasteiger charge is 2.22. The van der Waals surface area contributed by atoms with Crippen LogP contribution in [0.5, 0.6) is 0 Å². The van der Waals surface area contributed by atoms with Crippen LogP contribution in [-0.4, -0.2) is 26.1 Å². The van der Waals surface area contributed by atoms with Crippen molar-refractivity contribution in [3.8, 4) is 11.1 Å². The SMILES string of the molecule is Cc1cc2nccc(=O)n2nc1N1CCc2ncc(-c3cccc4c3CCC4)cc2C1. The second-order valence-electron chi connectivity index (χ2n) is 8.50. The minimum Gasteiger partial charge on any atom is -0.350 e. The quantitative estimate of drug-likeness (QED) is 0.507. The molecule has 0 unspecified atom stereocenters. The van der Waals surface area contributed by atoms with Crippen LogP contribution in [-0.2, 0) is 25.8 Å². The summed E-state index contributed by atoms with van der Waals surface area (Å²) in [4.78, 5) is 23.6. The van der Waals surface area contributed by atoms with E-state index < -0.39 is 0 Å². The number of pyridine rings is 1. The van der Waals surface area contributed by atoms with Gasteiger partial charge in [-0.25, -0.2) is 4.98 Å². The smallest absolute Gasteiger partial charge is 0.274 e. The van der Waals surface area contributed by atoms with E-state index in [2.05, 4.69) is 39.2 Å². The molecule has 0 N–H and O–H groups in total. The lowest BCUT2D eigenvalue weighted by Crippen LogP contribution is -2.33. The number of benzene rings is 1. The van der Waals surface area contributed by atoms with Crippen LogP contribution < -0.4 is 10.5 Å². The number of hydrogen-bond donors (Lipinski definition) is 0. The van der Waals surface area contributed by atoms with Crippen molar-refractivity contribution in [3.63, 3.8) is 0 Å². The molecule has 2 aliphatic rings. The highest BCUT2D eigenvalue weighted by molar-refractivity contribution is 5.70. The highest BCUT2D eigenvalue weighted by Crippen LogP contribution is 2.34. The Morgan fingerprint density at radius 2 is 1.94 bits per heavy atom. The average molecular weight is 409 g/mol.